The average molecular weight is 546 g/mol. The smallest absolute Gasteiger partial charge is 0.409 e. The number of likely N-dealkylation sites (tertiary alicyclic amines) is 1. The molecule has 2 rings (SSSR count). The predicted octanol–water partition coefficient (Wildman–Crippen LogP) is 3.91. The molecule has 0 aromatic heterocycles. The molecule has 3 N–H and O–H groups in total. The van der Waals surface area contributed by atoms with Crippen molar-refractivity contribution in [2.45, 2.75) is 65.1 Å². The lowest BCUT2D eigenvalue weighted by molar-refractivity contribution is 0.0963. The van der Waals surface area contributed by atoms with Gasteiger partial charge in [0.2, 0.25) is 0 Å². The van der Waals surface area contributed by atoms with Gasteiger partial charge in [0.15, 0.2) is 5.96 Å². The molecule has 0 bridgehead atoms. The van der Waals surface area contributed by atoms with Gasteiger partial charge in [-0.25, -0.2) is 4.79 Å². The van der Waals surface area contributed by atoms with Crippen LogP contribution >= 0.6 is 24.0 Å². The molecule has 1 aliphatic heterocycles. The van der Waals surface area contributed by atoms with Crippen molar-refractivity contribution in [2.24, 2.45) is 4.99 Å². The van der Waals surface area contributed by atoms with E-state index in [0.29, 0.717) is 32.3 Å². The van der Waals surface area contributed by atoms with Crippen LogP contribution < -0.4 is 16.0 Å². The molecule has 0 spiro atoms. The number of carbonyl (C=O) groups excluding carboxylic acids is 1. The molecule has 7 nitrogen and oxygen atoms in total. The molecule has 1 saturated heterocycles. The molecule has 1 aromatic carbocycles. The van der Waals surface area contributed by atoms with E-state index >= 15 is 0 Å². The molecule has 1 unspecified atom stereocenters. The first-order valence-electron chi connectivity index (χ1n) is 11.1. The number of piperidine rings is 1. The highest BCUT2D eigenvalue weighted by molar-refractivity contribution is 14.0. The summed E-state index contributed by atoms with van der Waals surface area (Å²) in [6, 6.07) is 11.0. The molecule has 31 heavy (non-hydrogen) atoms. The Bertz CT molecular complexity index is 676. The van der Waals surface area contributed by atoms with Crippen LogP contribution in [0.5, 0.6) is 0 Å². The van der Waals surface area contributed by atoms with Gasteiger partial charge in [0.25, 0.3) is 0 Å². The normalized spacial score (nSPS) is 16.3. The number of hydrogen-bond acceptors (Lipinski definition) is 4. The minimum Gasteiger partial charge on any atom is -0.450 e. The van der Waals surface area contributed by atoms with E-state index in [0.717, 1.165) is 25.3 Å². The first-order valence-corrected chi connectivity index (χ1v) is 11.1. The first kappa shape index (κ1) is 27.5. The number of aliphatic imine (C=N–C) groups is 1. The molecular formula is C23H40IN5O2. The zero-order valence-electron chi connectivity index (χ0n) is 19.6. The first-order chi connectivity index (χ1) is 14.3. The third-order valence-corrected chi connectivity index (χ3v) is 5.25. The highest BCUT2D eigenvalue weighted by Crippen LogP contribution is 2.16. The number of halogens is 1. The van der Waals surface area contributed by atoms with E-state index in [9.17, 15) is 4.79 Å². The van der Waals surface area contributed by atoms with Gasteiger partial charge < -0.3 is 25.6 Å². The molecule has 176 valence electrons. The summed E-state index contributed by atoms with van der Waals surface area (Å²) in [5.74, 6) is 0.828. The van der Waals surface area contributed by atoms with Gasteiger partial charge in [0.1, 0.15) is 0 Å². The van der Waals surface area contributed by atoms with Gasteiger partial charge in [-0.3, -0.25) is 4.99 Å². The van der Waals surface area contributed by atoms with Crippen LogP contribution in [0.15, 0.2) is 35.3 Å². The van der Waals surface area contributed by atoms with Gasteiger partial charge >= 0.3 is 6.09 Å². The Morgan fingerprint density at radius 1 is 1.23 bits per heavy atom. The van der Waals surface area contributed by atoms with Gasteiger partial charge in [-0.1, -0.05) is 30.3 Å². The number of rotatable bonds is 8. The van der Waals surface area contributed by atoms with Crippen molar-refractivity contribution in [3.63, 3.8) is 0 Å². The van der Waals surface area contributed by atoms with Crippen molar-refractivity contribution >= 4 is 36.0 Å². The quantitative estimate of drug-likeness (QED) is 0.263. The van der Waals surface area contributed by atoms with Gasteiger partial charge in [0.05, 0.1) is 13.2 Å². The van der Waals surface area contributed by atoms with Crippen LogP contribution in [-0.4, -0.2) is 61.3 Å². The van der Waals surface area contributed by atoms with Crippen LogP contribution in [0.3, 0.4) is 0 Å². The summed E-state index contributed by atoms with van der Waals surface area (Å²) < 4.78 is 5.10. The molecule has 1 heterocycles. The Hall–Kier alpha value is -1.55. The Balaban J connectivity index is 0.00000480. The number of nitrogens with one attached hydrogen (secondary N) is 3. The van der Waals surface area contributed by atoms with Crippen molar-refractivity contribution in [3.8, 4) is 0 Å². The highest BCUT2D eigenvalue weighted by Gasteiger charge is 2.25. The maximum atomic E-state index is 11.9. The van der Waals surface area contributed by atoms with Crippen LogP contribution in [0.1, 0.15) is 59.1 Å². The second-order valence-corrected chi connectivity index (χ2v) is 8.46. The zero-order chi connectivity index (χ0) is 22.0. The summed E-state index contributed by atoms with van der Waals surface area (Å²) in [5, 5.41) is 10.6. The van der Waals surface area contributed by atoms with Gasteiger partial charge in [0, 0.05) is 37.3 Å². The summed E-state index contributed by atoms with van der Waals surface area (Å²) >= 11 is 0. The monoisotopic (exact) mass is 545 g/mol. The van der Waals surface area contributed by atoms with Crippen molar-refractivity contribution in [2.75, 3.05) is 32.8 Å². The fraction of sp³-hybridized carbons (Fsp3) is 0.652. The van der Waals surface area contributed by atoms with Crippen molar-refractivity contribution in [1.29, 1.82) is 0 Å². The van der Waals surface area contributed by atoms with Crippen molar-refractivity contribution < 1.29 is 9.53 Å². The molecule has 1 atom stereocenters. The lowest BCUT2D eigenvalue weighted by Gasteiger charge is -2.33. The molecule has 1 amide bonds. The van der Waals surface area contributed by atoms with E-state index in [2.05, 4.69) is 67.9 Å². The van der Waals surface area contributed by atoms with Crippen LogP contribution in [0.4, 0.5) is 4.79 Å². The zero-order valence-corrected chi connectivity index (χ0v) is 21.9. The SMILES string of the molecule is CCNC(=NCC(C)(C)NC(C)c1ccccc1)NC1CCN(C(=O)OCC)CC1.I. The fourth-order valence-electron chi connectivity index (χ4n) is 3.67. The molecule has 0 saturated carbocycles. The van der Waals surface area contributed by atoms with Crippen LogP contribution in [0.25, 0.3) is 0 Å². The van der Waals surface area contributed by atoms with E-state index < -0.39 is 0 Å². The average Bonchev–Trinajstić information content (AvgIpc) is 2.73. The van der Waals surface area contributed by atoms with Gasteiger partial charge in [-0.2, -0.15) is 0 Å². The largest absolute Gasteiger partial charge is 0.450 e. The number of hydrogen-bond donors (Lipinski definition) is 3. The second kappa shape index (κ2) is 13.8. The van der Waals surface area contributed by atoms with Crippen LogP contribution in [0, 0.1) is 0 Å². The van der Waals surface area contributed by atoms with E-state index in [4.69, 9.17) is 9.73 Å². The Labute approximate surface area is 204 Å². The van der Waals surface area contributed by atoms with Gasteiger partial charge in [-0.05, 0) is 53.0 Å². The number of benzene rings is 1. The standard InChI is InChI=1S/C23H39N5O2.HI/c1-6-24-21(26-20-13-15-28(16-14-20)22(29)30-7-2)25-17-23(4,5)27-18(3)19-11-9-8-10-12-19;/h8-12,18,20,27H,6-7,13-17H2,1-5H3,(H2,24,25,26);1H. The third kappa shape index (κ3) is 9.64. The molecule has 1 fully saturated rings. The number of ether oxygens (including phenoxy) is 1. The predicted molar refractivity (Wildman–Crippen MR) is 138 cm³/mol. The molecule has 1 aliphatic rings. The summed E-state index contributed by atoms with van der Waals surface area (Å²) in [4.78, 5) is 18.5. The Kier molecular flexibility index (Phi) is 12.2. The summed E-state index contributed by atoms with van der Waals surface area (Å²) in [5.41, 5.74) is 1.12. The highest BCUT2D eigenvalue weighted by atomic mass is 127. The molecule has 0 aliphatic carbocycles. The maximum absolute atomic E-state index is 11.9. The second-order valence-electron chi connectivity index (χ2n) is 8.46. The van der Waals surface area contributed by atoms with E-state index in [-0.39, 0.29) is 41.7 Å². The van der Waals surface area contributed by atoms with Gasteiger partial charge in [-0.15, -0.1) is 24.0 Å². The van der Waals surface area contributed by atoms with Crippen LogP contribution in [0.2, 0.25) is 0 Å². The minimum atomic E-state index is -0.211. The molecule has 0 radical (unpaired) electrons. The summed E-state index contributed by atoms with van der Waals surface area (Å²) in [7, 11) is 0. The maximum Gasteiger partial charge on any atom is 0.409 e. The number of carbonyl (C=O) groups is 1. The fourth-order valence-corrected chi connectivity index (χ4v) is 3.67. The van der Waals surface area contributed by atoms with Crippen molar-refractivity contribution in [1.82, 2.24) is 20.9 Å². The third-order valence-electron chi connectivity index (χ3n) is 5.25. The minimum absolute atomic E-state index is 0. The van der Waals surface area contributed by atoms with Crippen molar-refractivity contribution in [3.05, 3.63) is 35.9 Å². The van der Waals surface area contributed by atoms with E-state index in [1.165, 1.54) is 5.56 Å². The van der Waals surface area contributed by atoms with E-state index in [1.807, 2.05) is 13.0 Å². The molecule has 1 aromatic rings. The number of nitrogens with zero attached hydrogens (tertiary/aromatic N) is 2. The number of guanidine groups is 1. The molecular weight excluding hydrogens is 505 g/mol. The topological polar surface area (TPSA) is 78.0 Å². The summed E-state index contributed by atoms with van der Waals surface area (Å²) in [6.45, 7) is 13.7. The summed E-state index contributed by atoms with van der Waals surface area (Å²) in [6.07, 6.45) is 1.56. The van der Waals surface area contributed by atoms with E-state index in [1.54, 1.807) is 4.90 Å². The lowest BCUT2D eigenvalue weighted by atomic mass is 10.0. The number of amides is 1. The Morgan fingerprint density at radius 3 is 2.45 bits per heavy atom. The molecule has 8 heteroatoms. The Morgan fingerprint density at radius 2 is 1.87 bits per heavy atom. The lowest BCUT2D eigenvalue weighted by Crippen LogP contribution is -2.50. The van der Waals surface area contributed by atoms with Crippen LogP contribution in [-0.2, 0) is 4.74 Å².